The standard InChI is InChI=1S/C6H5NO3.2K.2O2.O.V/c8-4-1-2-5(6(9)10)7-3-4;;;2*1-2;;/h1-3,9-10H;;;;;;/q;2*+1;2*-2;;/p-1. The zero-order valence-corrected chi connectivity index (χ0v) is 17.1. The van der Waals surface area contributed by atoms with Gasteiger partial charge >= 0.3 is 124 Å². The Hall–Kier alpha value is 1.92. The van der Waals surface area contributed by atoms with Crippen LogP contribution in [0.2, 0.25) is 0 Å². The van der Waals surface area contributed by atoms with E-state index < -0.39 is 5.95 Å². The SMILES string of the molecule is O=C1C=CC(=C([O-])O)N=C1.[K+].[K+].[O-][O-].[O-][O-].[O]=[V]. The first-order valence-corrected chi connectivity index (χ1v) is 3.65. The molecule has 12 heteroatoms. The maximum atomic E-state index is 10.4. The van der Waals surface area contributed by atoms with Gasteiger partial charge in [0, 0.05) is 0 Å². The predicted molar refractivity (Wildman–Crippen MR) is 33.0 cm³/mol. The second-order valence-corrected chi connectivity index (χ2v) is 1.68. The Morgan fingerprint density at radius 2 is 1.50 bits per heavy atom. The van der Waals surface area contributed by atoms with Gasteiger partial charge in [0.1, 0.15) is 0 Å². The minimum atomic E-state index is -1.12. The molecule has 0 saturated carbocycles. The molecule has 1 rings (SSSR count). The number of nitrogens with zero attached hydrogens (tertiary/aromatic N) is 1. The van der Waals surface area contributed by atoms with Gasteiger partial charge in [-0.1, -0.05) is 0 Å². The van der Waals surface area contributed by atoms with E-state index >= 15 is 0 Å². The summed E-state index contributed by atoms with van der Waals surface area (Å²) in [5, 5.41) is 46.5. The van der Waals surface area contributed by atoms with Crippen LogP contribution in [0.5, 0.6) is 0 Å². The van der Waals surface area contributed by atoms with Gasteiger partial charge in [0.2, 0.25) is 0 Å². The third-order valence-electron chi connectivity index (χ3n) is 0.955. The number of carbonyl (C=O) groups is 1. The molecule has 1 aliphatic heterocycles. The summed E-state index contributed by atoms with van der Waals surface area (Å²) in [4.78, 5) is 13.8. The molecule has 0 aromatic heterocycles. The summed E-state index contributed by atoms with van der Waals surface area (Å²) in [6.07, 6.45) is 3.31. The third kappa shape index (κ3) is 20.2. The number of ketones is 1. The number of carbonyl (C=O) groups excluding carboxylic acids is 1. The van der Waals surface area contributed by atoms with Gasteiger partial charge in [0.05, 0.1) is 17.9 Å². The monoisotopic (exact) mass is 347 g/mol. The molecule has 0 aromatic carbocycles. The van der Waals surface area contributed by atoms with E-state index in [2.05, 4.69) is 4.99 Å². The fourth-order valence-electron chi connectivity index (χ4n) is 0.507. The summed E-state index contributed by atoms with van der Waals surface area (Å²) in [6, 6.07) is 0. The molecule has 0 spiro atoms. The predicted octanol–water partition coefficient (Wildman–Crippen LogP) is -11.6. The quantitative estimate of drug-likeness (QED) is 0.194. The Balaban J connectivity index is -0.0000000623. The van der Waals surface area contributed by atoms with Gasteiger partial charge in [-0.25, -0.2) is 0 Å². The van der Waals surface area contributed by atoms with E-state index in [0.717, 1.165) is 29.7 Å². The van der Waals surface area contributed by atoms with Gasteiger partial charge in [-0.2, -0.15) is 0 Å². The molecule has 18 heavy (non-hydrogen) atoms. The number of hydrogen-bond acceptors (Lipinski definition) is 9. The summed E-state index contributed by atoms with van der Waals surface area (Å²) < 4.78 is 8.19. The topological polar surface area (TPSA) is 182 Å². The second-order valence-electron chi connectivity index (χ2n) is 1.68. The molecule has 0 atom stereocenters. The van der Waals surface area contributed by atoms with Crippen molar-refractivity contribution in [2.45, 2.75) is 0 Å². The Labute approximate surface area is 196 Å². The molecule has 0 saturated heterocycles. The number of aliphatic hydroxyl groups excluding tert-OH is 1. The third-order valence-corrected chi connectivity index (χ3v) is 0.955. The summed E-state index contributed by atoms with van der Waals surface area (Å²) in [5.74, 6) is -1.41. The minimum absolute atomic E-state index is 0. The normalized spacial score (nSPS) is 12.7. The molecule has 0 unspecified atom stereocenters. The van der Waals surface area contributed by atoms with Crippen molar-refractivity contribution < 1.29 is 160 Å². The molecule has 1 heterocycles. The first-order valence-electron chi connectivity index (χ1n) is 3.08. The first-order chi connectivity index (χ1) is 7.70. The second kappa shape index (κ2) is 27.3. The van der Waals surface area contributed by atoms with E-state index in [0.29, 0.717) is 0 Å². The van der Waals surface area contributed by atoms with E-state index in [1.165, 1.54) is 6.08 Å². The van der Waals surface area contributed by atoms with E-state index in [4.69, 9.17) is 29.8 Å². The van der Waals surface area contributed by atoms with Crippen molar-refractivity contribution in [1.29, 1.82) is 0 Å². The molecule has 0 aromatic rings. The number of aliphatic hydroxyl groups is 1. The number of allylic oxidation sites excluding steroid dienone is 2. The summed E-state index contributed by atoms with van der Waals surface area (Å²) in [7, 11) is 0. The van der Waals surface area contributed by atoms with Gasteiger partial charge in [0.25, 0.3) is 0 Å². The molecule has 0 fully saturated rings. The van der Waals surface area contributed by atoms with Gasteiger partial charge in [-0.05, 0) is 12.2 Å². The van der Waals surface area contributed by atoms with Crippen LogP contribution in [0, 0.1) is 0 Å². The Kier molecular flexibility index (Phi) is 48.6. The number of hydrogen-bond donors (Lipinski definition) is 1. The van der Waals surface area contributed by atoms with Crippen molar-refractivity contribution in [2.75, 3.05) is 0 Å². The molecule has 0 bridgehead atoms. The van der Waals surface area contributed by atoms with Crippen LogP contribution < -0.4 is 129 Å². The van der Waals surface area contributed by atoms with Crippen LogP contribution in [0.4, 0.5) is 0 Å². The van der Waals surface area contributed by atoms with E-state index in [1.54, 1.807) is 0 Å². The van der Waals surface area contributed by atoms with E-state index in [9.17, 15) is 9.90 Å². The molecule has 0 aliphatic carbocycles. The fraction of sp³-hybridized carbons (Fsp3) is 0. The zero-order chi connectivity index (χ0) is 13.6. The average Bonchev–Trinajstić information content (AvgIpc) is 2.37. The van der Waals surface area contributed by atoms with Crippen molar-refractivity contribution in [3.8, 4) is 0 Å². The van der Waals surface area contributed by atoms with Crippen LogP contribution in [0.15, 0.2) is 28.8 Å². The Morgan fingerprint density at radius 3 is 1.72 bits per heavy atom. The Bertz CT molecular complexity index is 261. The molecular weight excluding hydrogens is 343 g/mol. The molecule has 1 aliphatic rings. The Morgan fingerprint density at radius 1 is 1.11 bits per heavy atom. The van der Waals surface area contributed by atoms with Gasteiger partial charge in [0.15, 0.2) is 5.78 Å². The summed E-state index contributed by atoms with van der Waals surface area (Å²) in [5.41, 5.74) is -0.111. The van der Waals surface area contributed by atoms with Gasteiger partial charge in [-0.3, -0.25) is 9.79 Å². The molecule has 1 N–H and O–H groups in total. The van der Waals surface area contributed by atoms with E-state index in [1.807, 2.05) is 0 Å². The molecule has 91 valence electrons. The average molecular weight is 347 g/mol. The number of aliphatic imine (C=N–C) groups is 1. The van der Waals surface area contributed by atoms with E-state index in [-0.39, 0.29) is 114 Å². The molecule has 9 nitrogen and oxygen atoms in total. The summed E-state index contributed by atoms with van der Waals surface area (Å²) in [6.45, 7) is 0. The molecule has 0 amide bonds. The van der Waals surface area contributed by atoms with Crippen molar-refractivity contribution in [3.05, 3.63) is 23.8 Å². The van der Waals surface area contributed by atoms with Crippen molar-refractivity contribution in [1.82, 2.24) is 0 Å². The van der Waals surface area contributed by atoms with Crippen LogP contribution in [-0.2, 0) is 25.8 Å². The molecular formula is C6H4K2NO8V-3. The van der Waals surface area contributed by atoms with Crippen LogP contribution in [-0.4, -0.2) is 17.1 Å². The fourth-order valence-corrected chi connectivity index (χ4v) is 0.507. The summed E-state index contributed by atoms with van der Waals surface area (Å²) >= 11 is 1.06. The number of dihydropyridines is 1. The van der Waals surface area contributed by atoms with Gasteiger partial charge < -0.3 is 31.2 Å². The van der Waals surface area contributed by atoms with Crippen LogP contribution in [0.1, 0.15) is 0 Å². The van der Waals surface area contributed by atoms with Crippen LogP contribution in [0.25, 0.3) is 0 Å². The molecule has 0 radical (unpaired) electrons. The van der Waals surface area contributed by atoms with Crippen molar-refractivity contribution >= 4 is 12.0 Å². The maximum absolute atomic E-state index is 10.4. The van der Waals surface area contributed by atoms with Gasteiger partial charge in [-0.15, -0.1) is 0 Å². The van der Waals surface area contributed by atoms with Crippen LogP contribution in [0.3, 0.4) is 0 Å². The van der Waals surface area contributed by atoms with Crippen molar-refractivity contribution in [3.63, 3.8) is 0 Å². The van der Waals surface area contributed by atoms with Crippen molar-refractivity contribution in [2.24, 2.45) is 4.99 Å². The van der Waals surface area contributed by atoms with Crippen LogP contribution >= 0.6 is 0 Å². The number of rotatable bonds is 0. The first kappa shape index (κ1) is 32.0. The zero-order valence-electron chi connectivity index (χ0n) is 9.43.